The summed E-state index contributed by atoms with van der Waals surface area (Å²) in [4.78, 5) is 49.6. The SMILES string of the molecule is CCC(C)C(C1CCC(C(O)N[C@H](CC(=O)OC2=C(C)C3=C(OC(C)(COC4C=C[C@H](CC(SC(C)=O)C(C)=O)CC4)CC3)[C@H](C)C2C)C(N)=O)CC1)[C@@H](C)C(F)(F)F. The van der Waals surface area contributed by atoms with E-state index in [1.165, 1.54) is 20.8 Å². The Kier molecular flexibility index (Phi) is 17.4. The molecule has 1 fully saturated rings. The molecule has 10 nitrogen and oxygen atoms in total. The van der Waals surface area contributed by atoms with Crippen molar-refractivity contribution in [3.8, 4) is 0 Å². The van der Waals surface area contributed by atoms with Gasteiger partial charge in [-0.25, -0.2) is 0 Å². The van der Waals surface area contributed by atoms with Crippen molar-refractivity contribution in [3.05, 3.63) is 34.8 Å². The van der Waals surface area contributed by atoms with Gasteiger partial charge in [0.15, 0.2) is 5.12 Å². The van der Waals surface area contributed by atoms with Crippen LogP contribution in [0.15, 0.2) is 34.8 Å². The normalized spacial score (nSPS) is 30.7. The van der Waals surface area contributed by atoms with Crippen molar-refractivity contribution >= 4 is 34.5 Å². The lowest BCUT2D eigenvalue weighted by molar-refractivity contribution is -0.196. The fraction of sp³-hybridized carbons (Fsp3) is 0.778. The number of primary amides is 1. The number of hydrogen-bond donors (Lipinski definition) is 3. The van der Waals surface area contributed by atoms with E-state index in [0.29, 0.717) is 63.7 Å². The Labute approximate surface area is 353 Å². The van der Waals surface area contributed by atoms with Crippen molar-refractivity contribution in [2.75, 3.05) is 6.61 Å². The number of aliphatic hydroxyl groups is 1. The highest BCUT2D eigenvalue weighted by Gasteiger charge is 2.47. The predicted octanol–water partition coefficient (Wildman–Crippen LogP) is 8.71. The summed E-state index contributed by atoms with van der Waals surface area (Å²) >= 11 is 1.10. The Balaban J connectivity index is 1.32. The minimum atomic E-state index is -4.28. The first-order chi connectivity index (χ1) is 27.5. The maximum absolute atomic E-state index is 13.8. The molecule has 1 saturated carbocycles. The van der Waals surface area contributed by atoms with E-state index >= 15 is 0 Å². The van der Waals surface area contributed by atoms with Gasteiger partial charge in [-0.15, -0.1) is 0 Å². The van der Waals surface area contributed by atoms with Gasteiger partial charge in [-0.3, -0.25) is 24.5 Å². The third-order valence-corrected chi connectivity index (χ3v) is 14.9. The number of amides is 1. The molecular formula is C45H69F3N2O8S. The second kappa shape index (κ2) is 20.9. The molecule has 11 atom stereocenters. The Morgan fingerprint density at radius 3 is 2.22 bits per heavy atom. The molecule has 334 valence electrons. The maximum atomic E-state index is 13.8. The summed E-state index contributed by atoms with van der Waals surface area (Å²) in [6.07, 6.45) is 4.60. The summed E-state index contributed by atoms with van der Waals surface area (Å²) in [5.41, 5.74) is 6.92. The van der Waals surface area contributed by atoms with Crippen LogP contribution in [0.3, 0.4) is 0 Å². The molecule has 59 heavy (non-hydrogen) atoms. The lowest BCUT2D eigenvalue weighted by atomic mass is 9.66. The fourth-order valence-electron chi connectivity index (χ4n) is 9.71. The second-order valence-electron chi connectivity index (χ2n) is 18.2. The fourth-order valence-corrected chi connectivity index (χ4v) is 10.6. The van der Waals surface area contributed by atoms with E-state index < -0.39 is 54.2 Å². The van der Waals surface area contributed by atoms with Crippen LogP contribution in [0.25, 0.3) is 0 Å². The molecule has 1 aliphatic heterocycles. The zero-order valence-corrected chi connectivity index (χ0v) is 37.3. The van der Waals surface area contributed by atoms with Crippen LogP contribution in [-0.2, 0) is 33.4 Å². The number of Topliss-reactive ketones (excluding diaryl/α,β-unsaturated/α-hetero) is 1. The summed E-state index contributed by atoms with van der Waals surface area (Å²) in [6, 6.07) is -1.20. The number of alkyl halides is 3. The standard InChI is InChI=1S/C45H69F3N2O8S/c1-10-24(2)39(28(6)45(46,47)48)32-13-15-33(16-14-32)43(55)50-36(42(49)54)22-38(53)57-40-25(3)26(4)41-35(27(40)5)19-20-44(9,58-41)23-56-34-17-11-31(12-18-34)21-37(29(7)51)59-30(8)52/h11,17,24-26,28,31-34,36-37,39,43,50,55H,10,12-16,18-23H2,1-9H3,(H2,49,54)/t24?,25?,26-,28-,31+,32?,33?,34?,36-,37?,39?,43?,44?/m1/s1. The molecule has 0 aromatic heterocycles. The maximum Gasteiger partial charge on any atom is 0.391 e. The summed E-state index contributed by atoms with van der Waals surface area (Å²) in [6.45, 7) is 16.4. The summed E-state index contributed by atoms with van der Waals surface area (Å²) in [5.74, 6) is -2.69. The van der Waals surface area contributed by atoms with E-state index in [1.54, 1.807) is 0 Å². The number of halogens is 3. The number of ketones is 1. The number of allylic oxidation sites excluding steroid dienone is 5. The predicted molar refractivity (Wildman–Crippen MR) is 222 cm³/mol. The van der Waals surface area contributed by atoms with Crippen molar-refractivity contribution in [2.24, 2.45) is 53.1 Å². The average Bonchev–Trinajstić information content (AvgIpc) is 3.17. The zero-order chi connectivity index (χ0) is 44.0. The van der Waals surface area contributed by atoms with E-state index in [0.717, 1.165) is 41.5 Å². The number of ether oxygens (including phenoxy) is 3. The molecule has 0 radical (unpaired) electrons. The van der Waals surface area contributed by atoms with Crippen molar-refractivity contribution in [1.82, 2.24) is 5.32 Å². The van der Waals surface area contributed by atoms with Gasteiger partial charge in [-0.2, -0.15) is 13.2 Å². The van der Waals surface area contributed by atoms with Crippen LogP contribution in [0, 0.1) is 47.3 Å². The van der Waals surface area contributed by atoms with Gasteiger partial charge in [0, 0.05) is 18.8 Å². The van der Waals surface area contributed by atoms with Gasteiger partial charge in [0.2, 0.25) is 5.91 Å². The average molecular weight is 855 g/mol. The highest BCUT2D eigenvalue weighted by Crippen LogP contribution is 2.48. The summed E-state index contributed by atoms with van der Waals surface area (Å²) in [7, 11) is 0. The van der Waals surface area contributed by atoms with Gasteiger partial charge < -0.3 is 25.1 Å². The number of hydrogen-bond acceptors (Lipinski definition) is 10. The monoisotopic (exact) mass is 854 g/mol. The molecule has 14 heteroatoms. The molecule has 4 rings (SSSR count). The third-order valence-electron chi connectivity index (χ3n) is 13.8. The molecule has 0 aromatic rings. The Morgan fingerprint density at radius 1 is 1.03 bits per heavy atom. The van der Waals surface area contributed by atoms with Crippen LogP contribution in [0.1, 0.15) is 133 Å². The molecule has 0 aromatic carbocycles. The first-order valence-electron chi connectivity index (χ1n) is 21.7. The van der Waals surface area contributed by atoms with E-state index in [1.807, 2.05) is 41.5 Å². The minimum absolute atomic E-state index is 0.0151. The van der Waals surface area contributed by atoms with Crippen LogP contribution in [0.5, 0.6) is 0 Å². The molecule has 4 aliphatic rings. The van der Waals surface area contributed by atoms with E-state index in [4.69, 9.17) is 19.9 Å². The van der Waals surface area contributed by atoms with Gasteiger partial charge >= 0.3 is 12.1 Å². The van der Waals surface area contributed by atoms with Gasteiger partial charge in [0.1, 0.15) is 29.1 Å². The highest BCUT2D eigenvalue weighted by molar-refractivity contribution is 8.14. The number of thioether (sulfide) groups is 1. The first-order valence-corrected chi connectivity index (χ1v) is 22.5. The van der Waals surface area contributed by atoms with Crippen LogP contribution in [-0.4, -0.2) is 69.9 Å². The zero-order valence-electron chi connectivity index (χ0n) is 36.5. The molecule has 1 heterocycles. The van der Waals surface area contributed by atoms with Gasteiger partial charge in [-0.1, -0.05) is 65.0 Å². The molecule has 4 N–H and O–H groups in total. The van der Waals surface area contributed by atoms with Gasteiger partial charge in [0.25, 0.3) is 0 Å². The van der Waals surface area contributed by atoms with Crippen LogP contribution < -0.4 is 11.1 Å². The topological polar surface area (TPSA) is 154 Å². The van der Waals surface area contributed by atoms with Crippen LogP contribution in [0.4, 0.5) is 13.2 Å². The number of esters is 1. The van der Waals surface area contributed by atoms with Crippen LogP contribution in [0.2, 0.25) is 0 Å². The molecule has 0 bridgehead atoms. The summed E-state index contributed by atoms with van der Waals surface area (Å²) < 4.78 is 60.4. The van der Waals surface area contributed by atoms with E-state index in [2.05, 4.69) is 17.5 Å². The quantitative estimate of drug-likeness (QED) is 0.0693. The number of carbonyl (C=O) groups is 4. The molecule has 3 aliphatic carbocycles. The van der Waals surface area contributed by atoms with Crippen molar-refractivity contribution < 1.29 is 51.7 Å². The van der Waals surface area contributed by atoms with Gasteiger partial charge in [0.05, 0.1) is 36.3 Å². The van der Waals surface area contributed by atoms with Crippen molar-refractivity contribution in [2.45, 2.75) is 168 Å². The summed E-state index contributed by atoms with van der Waals surface area (Å²) in [5, 5.41) is 13.6. The molecule has 1 amide bonds. The number of carbonyl (C=O) groups excluding carboxylic acids is 4. The number of aliphatic hydroxyl groups excluding tert-OH is 1. The van der Waals surface area contributed by atoms with Crippen molar-refractivity contribution in [1.29, 1.82) is 0 Å². The number of rotatable bonds is 18. The van der Waals surface area contributed by atoms with E-state index in [-0.39, 0.29) is 57.8 Å². The Hall–Kier alpha value is -2.68. The smallest absolute Gasteiger partial charge is 0.391 e. The van der Waals surface area contributed by atoms with Crippen molar-refractivity contribution in [3.63, 3.8) is 0 Å². The first kappa shape index (κ1) is 49.0. The molecular weight excluding hydrogens is 786 g/mol. The van der Waals surface area contributed by atoms with Gasteiger partial charge in [-0.05, 0) is 119 Å². The Morgan fingerprint density at radius 2 is 1.68 bits per heavy atom. The molecule has 0 spiro atoms. The highest BCUT2D eigenvalue weighted by atomic mass is 32.2. The van der Waals surface area contributed by atoms with E-state index in [9.17, 15) is 37.5 Å². The lowest BCUT2D eigenvalue weighted by Gasteiger charge is -2.43. The number of nitrogens with one attached hydrogen (secondary N) is 1. The lowest BCUT2D eigenvalue weighted by Crippen LogP contribution is -2.51. The second-order valence-corrected chi connectivity index (χ2v) is 19.6. The Bertz CT molecular complexity index is 1610. The molecule has 0 saturated heterocycles. The molecule has 7 unspecified atom stereocenters. The van der Waals surface area contributed by atoms with Crippen LogP contribution >= 0.6 is 11.8 Å². The number of nitrogens with two attached hydrogens (primary N) is 1. The largest absolute Gasteiger partial charge is 0.489 e. The third kappa shape index (κ3) is 12.9. The minimum Gasteiger partial charge on any atom is -0.489 e.